The first-order valence-electron chi connectivity index (χ1n) is 3.97. The molecule has 2 aromatic rings. The summed E-state index contributed by atoms with van der Waals surface area (Å²) in [5.74, 6) is -0.221. The third kappa shape index (κ3) is 2.57. The van der Waals surface area contributed by atoms with Gasteiger partial charge in [0.2, 0.25) is 5.13 Å². The molecule has 0 aliphatic carbocycles. The van der Waals surface area contributed by atoms with Crippen LogP contribution in [0.2, 0.25) is 0 Å². The van der Waals surface area contributed by atoms with Crippen LogP contribution in [0.4, 0.5) is 5.13 Å². The van der Waals surface area contributed by atoms with Gasteiger partial charge in [-0.3, -0.25) is 10.1 Å². The maximum Gasteiger partial charge on any atom is 0.257 e. The van der Waals surface area contributed by atoms with E-state index in [1.807, 2.05) is 0 Å². The molecule has 7 heteroatoms. The molecule has 0 radical (unpaired) electrons. The number of amides is 1. The van der Waals surface area contributed by atoms with Crippen molar-refractivity contribution >= 4 is 38.5 Å². The van der Waals surface area contributed by atoms with Crippen LogP contribution in [0.5, 0.6) is 0 Å². The molecule has 15 heavy (non-hydrogen) atoms. The lowest BCUT2D eigenvalue weighted by Gasteiger charge is -1.99. The molecule has 76 valence electrons. The fourth-order valence-electron chi connectivity index (χ4n) is 0.952. The summed E-state index contributed by atoms with van der Waals surface area (Å²) in [7, 11) is 0. The van der Waals surface area contributed by atoms with Gasteiger partial charge in [-0.2, -0.15) is 0 Å². The Kier molecular flexibility index (Phi) is 3.02. The van der Waals surface area contributed by atoms with Crippen molar-refractivity contribution in [1.29, 1.82) is 0 Å². The van der Waals surface area contributed by atoms with Crippen molar-refractivity contribution in [3.8, 4) is 0 Å². The highest BCUT2D eigenvalue weighted by atomic mass is 79.9. The summed E-state index contributed by atoms with van der Waals surface area (Å²) in [5, 5.41) is 9.97. The molecule has 0 aliphatic rings. The fraction of sp³-hybridized carbons (Fsp3) is 0. The Morgan fingerprint density at radius 3 is 2.67 bits per heavy atom. The van der Waals surface area contributed by atoms with E-state index >= 15 is 0 Å². The molecule has 1 heterocycles. The lowest BCUT2D eigenvalue weighted by atomic mass is 10.2. The Labute approximate surface area is 97.8 Å². The third-order valence-corrected chi connectivity index (χ3v) is 2.67. The third-order valence-electron chi connectivity index (χ3n) is 1.63. The maximum atomic E-state index is 11.6. The van der Waals surface area contributed by atoms with Crippen molar-refractivity contribution in [1.82, 2.24) is 14.8 Å². The van der Waals surface area contributed by atoms with Crippen LogP contribution in [0.3, 0.4) is 0 Å². The Balaban J connectivity index is 2.11. The topological polar surface area (TPSA) is 67.8 Å². The van der Waals surface area contributed by atoms with E-state index in [1.54, 1.807) is 24.3 Å². The SMILES string of the molecule is O=C(Nc1nnns1)c1ccc(Br)cc1. The summed E-state index contributed by atoms with van der Waals surface area (Å²) in [6, 6.07) is 7.03. The van der Waals surface area contributed by atoms with Crippen LogP contribution in [0, 0.1) is 0 Å². The van der Waals surface area contributed by atoms with Crippen molar-refractivity contribution in [2.75, 3.05) is 5.32 Å². The lowest BCUT2D eigenvalue weighted by molar-refractivity contribution is 0.102. The van der Waals surface area contributed by atoms with E-state index in [2.05, 4.69) is 36.0 Å². The van der Waals surface area contributed by atoms with Crippen molar-refractivity contribution in [3.63, 3.8) is 0 Å². The minimum atomic E-state index is -0.221. The maximum absolute atomic E-state index is 11.6. The molecule has 1 aromatic carbocycles. The predicted molar refractivity (Wildman–Crippen MR) is 59.8 cm³/mol. The van der Waals surface area contributed by atoms with Crippen LogP contribution in [0.15, 0.2) is 28.7 Å². The van der Waals surface area contributed by atoms with Gasteiger partial charge in [0.25, 0.3) is 5.91 Å². The average Bonchev–Trinajstić information content (AvgIpc) is 2.71. The number of nitrogens with zero attached hydrogens (tertiary/aromatic N) is 3. The second kappa shape index (κ2) is 4.45. The number of halogens is 1. The number of aromatic nitrogens is 3. The molecule has 0 unspecified atom stereocenters. The summed E-state index contributed by atoms with van der Waals surface area (Å²) in [6.07, 6.45) is 0. The van der Waals surface area contributed by atoms with Crippen molar-refractivity contribution in [3.05, 3.63) is 34.3 Å². The summed E-state index contributed by atoms with van der Waals surface area (Å²) in [6.45, 7) is 0. The molecule has 5 nitrogen and oxygen atoms in total. The van der Waals surface area contributed by atoms with Gasteiger partial charge in [-0.25, -0.2) is 0 Å². The predicted octanol–water partition coefficient (Wildman–Crippen LogP) is 1.95. The van der Waals surface area contributed by atoms with Gasteiger partial charge in [0.05, 0.1) is 0 Å². The van der Waals surface area contributed by atoms with Crippen LogP contribution >= 0.6 is 27.5 Å². The van der Waals surface area contributed by atoms with Crippen molar-refractivity contribution < 1.29 is 4.79 Å². The second-order valence-corrected chi connectivity index (χ2v) is 4.28. The standard InChI is InChI=1S/C8H5BrN4OS/c9-6-3-1-5(2-4-6)7(14)10-8-11-12-13-15-8/h1-4H,(H,10,11,13,14). The largest absolute Gasteiger partial charge is 0.295 e. The van der Waals surface area contributed by atoms with Crippen LogP contribution in [-0.2, 0) is 0 Å². The van der Waals surface area contributed by atoms with E-state index in [0.717, 1.165) is 16.0 Å². The highest BCUT2D eigenvalue weighted by molar-refractivity contribution is 9.10. The lowest BCUT2D eigenvalue weighted by Crippen LogP contribution is -2.11. The van der Waals surface area contributed by atoms with E-state index in [1.165, 1.54) is 0 Å². The number of hydrogen-bond donors (Lipinski definition) is 1. The smallest absolute Gasteiger partial charge is 0.257 e. The summed E-state index contributed by atoms with van der Waals surface area (Å²) < 4.78 is 4.47. The number of benzene rings is 1. The van der Waals surface area contributed by atoms with E-state index in [9.17, 15) is 4.79 Å². The minimum Gasteiger partial charge on any atom is -0.295 e. The molecular formula is C8H5BrN4OS. The molecule has 0 bridgehead atoms. The molecule has 0 saturated carbocycles. The van der Waals surface area contributed by atoms with Gasteiger partial charge in [-0.15, -0.1) is 0 Å². The summed E-state index contributed by atoms with van der Waals surface area (Å²) >= 11 is 4.33. The summed E-state index contributed by atoms with van der Waals surface area (Å²) in [4.78, 5) is 11.6. The second-order valence-electron chi connectivity index (χ2n) is 2.63. The van der Waals surface area contributed by atoms with E-state index in [0.29, 0.717) is 10.7 Å². The normalized spacial score (nSPS) is 9.93. The van der Waals surface area contributed by atoms with Gasteiger partial charge in [0, 0.05) is 21.6 Å². The molecule has 0 aliphatic heterocycles. The highest BCUT2D eigenvalue weighted by Gasteiger charge is 2.07. The van der Waals surface area contributed by atoms with Gasteiger partial charge in [-0.1, -0.05) is 25.5 Å². The first-order valence-corrected chi connectivity index (χ1v) is 5.54. The number of carbonyl (C=O) groups is 1. The zero-order valence-corrected chi connectivity index (χ0v) is 9.75. The van der Waals surface area contributed by atoms with Gasteiger partial charge >= 0.3 is 0 Å². The molecule has 1 aromatic heterocycles. The molecule has 2 rings (SSSR count). The number of rotatable bonds is 2. The first kappa shape index (κ1) is 10.2. The quantitative estimate of drug-likeness (QED) is 0.915. The van der Waals surface area contributed by atoms with Crippen LogP contribution in [0.1, 0.15) is 10.4 Å². The average molecular weight is 285 g/mol. The monoisotopic (exact) mass is 284 g/mol. The van der Waals surface area contributed by atoms with Gasteiger partial charge in [0.15, 0.2) is 0 Å². The van der Waals surface area contributed by atoms with E-state index < -0.39 is 0 Å². The molecule has 0 spiro atoms. The molecule has 1 N–H and O–H groups in total. The van der Waals surface area contributed by atoms with Crippen LogP contribution in [-0.4, -0.2) is 20.7 Å². The van der Waals surface area contributed by atoms with Gasteiger partial charge in [0.1, 0.15) is 0 Å². The Morgan fingerprint density at radius 1 is 1.33 bits per heavy atom. The summed E-state index contributed by atoms with van der Waals surface area (Å²) in [5.41, 5.74) is 0.563. The first-order chi connectivity index (χ1) is 7.25. The van der Waals surface area contributed by atoms with Crippen LogP contribution < -0.4 is 5.32 Å². The zero-order chi connectivity index (χ0) is 10.7. The molecule has 0 atom stereocenters. The van der Waals surface area contributed by atoms with Gasteiger partial charge in [-0.05, 0) is 29.5 Å². The fourth-order valence-corrected chi connectivity index (χ4v) is 1.58. The molecule has 0 saturated heterocycles. The Bertz CT molecular complexity index is 456. The van der Waals surface area contributed by atoms with E-state index in [4.69, 9.17) is 0 Å². The molecule has 0 fully saturated rings. The molecule has 1 amide bonds. The number of nitrogens with one attached hydrogen (secondary N) is 1. The van der Waals surface area contributed by atoms with E-state index in [-0.39, 0.29) is 5.91 Å². The highest BCUT2D eigenvalue weighted by Crippen LogP contribution is 2.12. The Morgan fingerprint density at radius 2 is 2.07 bits per heavy atom. The number of anilines is 1. The minimum absolute atomic E-state index is 0.221. The van der Waals surface area contributed by atoms with Crippen molar-refractivity contribution in [2.24, 2.45) is 0 Å². The number of hydrogen-bond acceptors (Lipinski definition) is 5. The van der Waals surface area contributed by atoms with Crippen LogP contribution in [0.25, 0.3) is 0 Å². The Hall–Kier alpha value is -1.34. The van der Waals surface area contributed by atoms with Gasteiger partial charge < -0.3 is 0 Å². The van der Waals surface area contributed by atoms with Crippen molar-refractivity contribution in [2.45, 2.75) is 0 Å². The zero-order valence-electron chi connectivity index (χ0n) is 7.35. The molecular weight excluding hydrogens is 280 g/mol. The number of carbonyl (C=O) groups excluding carboxylic acids is 1.